The molecule has 0 aliphatic heterocycles. The lowest BCUT2D eigenvalue weighted by Crippen LogP contribution is -2.31. The molecule has 1 aliphatic carbocycles. The van der Waals surface area contributed by atoms with Gasteiger partial charge in [0.15, 0.2) is 0 Å². The molecule has 0 aromatic heterocycles. The van der Waals surface area contributed by atoms with Crippen molar-refractivity contribution in [1.29, 1.82) is 0 Å². The van der Waals surface area contributed by atoms with E-state index < -0.39 is 0 Å². The van der Waals surface area contributed by atoms with Crippen LogP contribution in [-0.2, 0) is 0 Å². The first-order chi connectivity index (χ1) is 6.47. The SMILES string of the molecule is CC(C)(C)SNC[C@H]1CC[C@H](N)CC1. The fourth-order valence-electron chi connectivity index (χ4n) is 1.77. The van der Waals surface area contributed by atoms with Crippen LogP contribution >= 0.6 is 11.9 Å². The summed E-state index contributed by atoms with van der Waals surface area (Å²) in [5.74, 6) is 0.852. The Kier molecular flexibility index (Phi) is 4.74. The van der Waals surface area contributed by atoms with Crippen molar-refractivity contribution in [3.05, 3.63) is 0 Å². The van der Waals surface area contributed by atoms with Gasteiger partial charge in [-0.25, -0.2) is 0 Å². The highest BCUT2D eigenvalue weighted by Gasteiger charge is 2.19. The Bertz CT molecular complexity index is 157. The first-order valence-corrected chi connectivity index (χ1v) is 6.45. The zero-order chi connectivity index (χ0) is 10.6. The summed E-state index contributed by atoms with van der Waals surface area (Å²) < 4.78 is 3.81. The maximum Gasteiger partial charge on any atom is 0.0220 e. The second kappa shape index (κ2) is 5.38. The molecule has 0 aromatic rings. The van der Waals surface area contributed by atoms with E-state index in [0.717, 1.165) is 12.5 Å². The van der Waals surface area contributed by atoms with Crippen LogP contribution in [0.2, 0.25) is 0 Å². The standard InChI is InChI=1S/C11H24N2S/c1-11(2,3)14-13-8-9-4-6-10(12)7-5-9/h9-10,13H,4-8,12H2,1-3H3/t9-,10-. The molecule has 1 aliphatic rings. The molecule has 0 atom stereocenters. The monoisotopic (exact) mass is 216 g/mol. The molecule has 0 spiro atoms. The maximum absolute atomic E-state index is 5.87. The topological polar surface area (TPSA) is 38.0 Å². The Morgan fingerprint density at radius 2 is 1.79 bits per heavy atom. The molecule has 3 N–H and O–H groups in total. The summed E-state index contributed by atoms with van der Waals surface area (Å²) >= 11 is 1.85. The lowest BCUT2D eigenvalue weighted by atomic mass is 9.87. The Morgan fingerprint density at radius 3 is 2.29 bits per heavy atom. The molecule has 1 rings (SSSR count). The smallest absolute Gasteiger partial charge is 0.0220 e. The van der Waals surface area contributed by atoms with Crippen LogP contribution in [0, 0.1) is 5.92 Å². The van der Waals surface area contributed by atoms with Crippen LogP contribution in [0.15, 0.2) is 0 Å². The molecular weight excluding hydrogens is 192 g/mol. The third-order valence-electron chi connectivity index (χ3n) is 2.64. The molecule has 0 heterocycles. The molecule has 84 valence electrons. The van der Waals surface area contributed by atoms with E-state index in [1.54, 1.807) is 0 Å². The van der Waals surface area contributed by atoms with Crippen molar-refractivity contribution in [2.45, 2.75) is 57.2 Å². The van der Waals surface area contributed by atoms with Crippen molar-refractivity contribution in [3.8, 4) is 0 Å². The summed E-state index contributed by atoms with van der Waals surface area (Å²) in [4.78, 5) is 0. The third-order valence-corrected chi connectivity index (χ3v) is 3.57. The number of hydrogen-bond donors (Lipinski definition) is 2. The summed E-state index contributed by atoms with van der Waals surface area (Å²) in [5.41, 5.74) is 5.87. The van der Waals surface area contributed by atoms with Crippen molar-refractivity contribution < 1.29 is 0 Å². The molecule has 0 unspecified atom stereocenters. The summed E-state index contributed by atoms with van der Waals surface area (Å²) in [6.07, 6.45) is 5.04. The normalized spacial score (nSPS) is 29.1. The summed E-state index contributed by atoms with van der Waals surface area (Å²) in [6.45, 7) is 7.86. The summed E-state index contributed by atoms with van der Waals surface area (Å²) in [5, 5.41) is 0. The number of rotatable bonds is 3. The third kappa shape index (κ3) is 5.23. The molecule has 0 saturated heterocycles. The highest BCUT2D eigenvalue weighted by Crippen LogP contribution is 2.25. The minimum absolute atomic E-state index is 0.324. The molecule has 1 fully saturated rings. The van der Waals surface area contributed by atoms with Gasteiger partial charge < -0.3 is 5.73 Å². The highest BCUT2D eigenvalue weighted by molar-refractivity contribution is 7.98. The van der Waals surface area contributed by atoms with Crippen molar-refractivity contribution in [3.63, 3.8) is 0 Å². The lowest BCUT2D eigenvalue weighted by molar-refractivity contribution is 0.328. The van der Waals surface area contributed by atoms with Crippen molar-refractivity contribution in [2.75, 3.05) is 6.54 Å². The highest BCUT2D eigenvalue weighted by atomic mass is 32.2. The predicted octanol–water partition coefficient (Wildman–Crippen LogP) is 2.54. The summed E-state index contributed by atoms with van der Waals surface area (Å²) in [6, 6.07) is 0.474. The van der Waals surface area contributed by atoms with E-state index in [1.807, 2.05) is 11.9 Å². The van der Waals surface area contributed by atoms with Crippen LogP contribution in [0.3, 0.4) is 0 Å². The minimum atomic E-state index is 0.324. The molecule has 1 saturated carbocycles. The Balaban J connectivity index is 2.08. The average molecular weight is 216 g/mol. The van der Waals surface area contributed by atoms with E-state index in [4.69, 9.17) is 5.73 Å². The molecule has 3 heteroatoms. The number of hydrogen-bond acceptors (Lipinski definition) is 3. The molecule has 2 nitrogen and oxygen atoms in total. The van der Waals surface area contributed by atoms with Gasteiger partial charge in [-0.1, -0.05) is 11.9 Å². The van der Waals surface area contributed by atoms with Crippen molar-refractivity contribution in [1.82, 2.24) is 4.72 Å². The van der Waals surface area contributed by atoms with Gasteiger partial charge in [0.1, 0.15) is 0 Å². The molecule has 14 heavy (non-hydrogen) atoms. The molecule has 0 radical (unpaired) electrons. The maximum atomic E-state index is 5.87. The predicted molar refractivity (Wildman–Crippen MR) is 65.3 cm³/mol. The second-order valence-electron chi connectivity index (χ2n) is 5.34. The van der Waals surface area contributed by atoms with Gasteiger partial charge in [0.05, 0.1) is 0 Å². The van der Waals surface area contributed by atoms with Crippen molar-refractivity contribution >= 4 is 11.9 Å². The van der Waals surface area contributed by atoms with E-state index in [9.17, 15) is 0 Å². The lowest BCUT2D eigenvalue weighted by Gasteiger charge is -2.27. The van der Waals surface area contributed by atoms with Crippen LogP contribution in [0.25, 0.3) is 0 Å². The van der Waals surface area contributed by atoms with Gasteiger partial charge in [-0.3, -0.25) is 4.72 Å². The van der Waals surface area contributed by atoms with E-state index >= 15 is 0 Å². The first kappa shape index (κ1) is 12.3. The van der Waals surface area contributed by atoms with E-state index in [0.29, 0.717) is 10.8 Å². The van der Waals surface area contributed by atoms with Gasteiger partial charge in [-0.15, -0.1) is 0 Å². The van der Waals surface area contributed by atoms with E-state index in [1.165, 1.54) is 25.7 Å². The second-order valence-corrected chi connectivity index (χ2v) is 7.06. The zero-order valence-corrected chi connectivity index (χ0v) is 10.5. The van der Waals surface area contributed by atoms with Gasteiger partial charge in [0, 0.05) is 17.3 Å². The Labute approximate surface area is 92.5 Å². The van der Waals surface area contributed by atoms with Crippen LogP contribution < -0.4 is 10.5 Å². The van der Waals surface area contributed by atoms with Crippen LogP contribution in [0.5, 0.6) is 0 Å². The van der Waals surface area contributed by atoms with Gasteiger partial charge in [-0.05, 0) is 52.4 Å². The van der Waals surface area contributed by atoms with Crippen molar-refractivity contribution in [2.24, 2.45) is 11.7 Å². The quantitative estimate of drug-likeness (QED) is 0.712. The van der Waals surface area contributed by atoms with Gasteiger partial charge in [-0.2, -0.15) is 0 Å². The first-order valence-electron chi connectivity index (χ1n) is 5.64. The number of nitrogens with two attached hydrogens (primary N) is 1. The fourth-order valence-corrected chi connectivity index (χ4v) is 2.52. The molecule has 0 aromatic carbocycles. The molecular formula is C11H24N2S. The Morgan fingerprint density at radius 1 is 1.21 bits per heavy atom. The number of nitrogens with one attached hydrogen (secondary N) is 1. The summed E-state index contributed by atoms with van der Waals surface area (Å²) in [7, 11) is 0. The van der Waals surface area contributed by atoms with E-state index in [-0.39, 0.29) is 0 Å². The van der Waals surface area contributed by atoms with Crippen LogP contribution in [0.1, 0.15) is 46.5 Å². The minimum Gasteiger partial charge on any atom is -0.328 e. The largest absolute Gasteiger partial charge is 0.328 e. The molecule has 0 bridgehead atoms. The van der Waals surface area contributed by atoms with Gasteiger partial charge in [0.25, 0.3) is 0 Å². The van der Waals surface area contributed by atoms with Gasteiger partial charge >= 0.3 is 0 Å². The van der Waals surface area contributed by atoms with Gasteiger partial charge in [0.2, 0.25) is 0 Å². The fraction of sp³-hybridized carbons (Fsp3) is 1.00. The van der Waals surface area contributed by atoms with E-state index in [2.05, 4.69) is 25.5 Å². The molecule has 0 amide bonds. The van der Waals surface area contributed by atoms with Crippen LogP contribution in [-0.4, -0.2) is 17.3 Å². The van der Waals surface area contributed by atoms with Crippen LogP contribution in [0.4, 0.5) is 0 Å². The average Bonchev–Trinajstić information content (AvgIpc) is 2.06. The Hall–Kier alpha value is 0.270. The zero-order valence-electron chi connectivity index (χ0n) is 9.68.